The second-order valence-corrected chi connectivity index (χ2v) is 5.54. The first kappa shape index (κ1) is 13.9. The quantitative estimate of drug-likeness (QED) is 0.762. The predicted molar refractivity (Wildman–Crippen MR) is 77.3 cm³/mol. The Kier molecular flexibility index (Phi) is 4.81. The van der Waals surface area contributed by atoms with Crippen LogP contribution in [0.25, 0.3) is 0 Å². The highest BCUT2D eigenvalue weighted by Gasteiger charge is 2.17. The van der Waals surface area contributed by atoms with Gasteiger partial charge < -0.3 is 16.4 Å². The molecular weight excluding hydrogens is 262 g/mol. The average Bonchev–Trinajstić information content (AvgIpc) is 2.40. The molecule has 1 saturated heterocycles. The molecule has 6 heteroatoms. The van der Waals surface area contributed by atoms with Gasteiger partial charge in [-0.15, -0.1) is 0 Å². The third kappa shape index (κ3) is 3.97. The van der Waals surface area contributed by atoms with Crippen LogP contribution in [0.15, 0.2) is 24.3 Å². The van der Waals surface area contributed by atoms with E-state index in [1.54, 1.807) is 24.3 Å². The Labute approximate surface area is 116 Å². The first-order valence-electron chi connectivity index (χ1n) is 6.16. The van der Waals surface area contributed by atoms with Crippen molar-refractivity contribution in [3.8, 4) is 0 Å². The molecule has 19 heavy (non-hydrogen) atoms. The van der Waals surface area contributed by atoms with E-state index >= 15 is 0 Å². The van der Waals surface area contributed by atoms with Crippen molar-refractivity contribution in [1.82, 2.24) is 5.32 Å². The molecule has 2 amide bonds. The van der Waals surface area contributed by atoms with Crippen LogP contribution in [-0.4, -0.2) is 35.9 Å². The summed E-state index contributed by atoms with van der Waals surface area (Å²) in [7, 11) is 0. The van der Waals surface area contributed by atoms with Crippen molar-refractivity contribution in [3.05, 3.63) is 29.8 Å². The van der Waals surface area contributed by atoms with Crippen molar-refractivity contribution in [3.63, 3.8) is 0 Å². The van der Waals surface area contributed by atoms with E-state index in [-0.39, 0.29) is 11.9 Å². The molecule has 0 saturated carbocycles. The molecule has 5 nitrogen and oxygen atoms in total. The van der Waals surface area contributed by atoms with Gasteiger partial charge in [-0.3, -0.25) is 9.59 Å². The standard InChI is InChI=1S/C13H17N3O2S/c14-13(18)10-3-1-2-4-11(10)16-12(17)7-9-8-19-6-5-15-9/h1-4,9,15H,5-8H2,(H2,14,18)(H,16,17). The SMILES string of the molecule is NC(=O)c1ccccc1NC(=O)CC1CSCCN1. The zero-order chi connectivity index (χ0) is 13.7. The number of rotatable bonds is 4. The molecule has 1 unspecified atom stereocenters. The van der Waals surface area contributed by atoms with Crippen molar-refractivity contribution in [2.45, 2.75) is 12.5 Å². The van der Waals surface area contributed by atoms with Crippen LogP contribution in [0.1, 0.15) is 16.8 Å². The van der Waals surface area contributed by atoms with Crippen molar-refractivity contribution >= 4 is 29.3 Å². The third-order valence-electron chi connectivity index (χ3n) is 2.90. The number of hydrogen-bond donors (Lipinski definition) is 3. The molecule has 1 aliphatic heterocycles. The van der Waals surface area contributed by atoms with Gasteiger partial charge in [0.1, 0.15) is 0 Å². The number of benzene rings is 1. The number of carbonyl (C=O) groups excluding carboxylic acids is 2. The van der Waals surface area contributed by atoms with Gasteiger partial charge in [0, 0.05) is 30.5 Å². The van der Waals surface area contributed by atoms with Crippen LogP contribution in [0.4, 0.5) is 5.69 Å². The fourth-order valence-electron chi connectivity index (χ4n) is 1.98. The Hall–Kier alpha value is -1.53. The van der Waals surface area contributed by atoms with E-state index in [1.807, 2.05) is 11.8 Å². The van der Waals surface area contributed by atoms with Gasteiger partial charge in [-0.1, -0.05) is 12.1 Å². The summed E-state index contributed by atoms with van der Waals surface area (Å²) in [6.07, 6.45) is 0.403. The largest absolute Gasteiger partial charge is 0.366 e. The van der Waals surface area contributed by atoms with Crippen molar-refractivity contribution in [1.29, 1.82) is 0 Å². The molecule has 1 heterocycles. The second kappa shape index (κ2) is 6.58. The Bertz CT molecular complexity index is 473. The highest BCUT2D eigenvalue weighted by molar-refractivity contribution is 7.99. The van der Waals surface area contributed by atoms with E-state index in [1.165, 1.54) is 0 Å². The molecule has 0 bridgehead atoms. The number of nitrogens with two attached hydrogens (primary N) is 1. The molecule has 2 rings (SSSR count). The molecule has 4 N–H and O–H groups in total. The van der Waals surface area contributed by atoms with Gasteiger partial charge in [-0.25, -0.2) is 0 Å². The summed E-state index contributed by atoms with van der Waals surface area (Å²) in [5, 5.41) is 6.05. The number of carbonyl (C=O) groups is 2. The number of nitrogens with one attached hydrogen (secondary N) is 2. The Balaban J connectivity index is 1.96. The number of para-hydroxylation sites is 1. The van der Waals surface area contributed by atoms with Crippen LogP contribution in [0.2, 0.25) is 0 Å². The lowest BCUT2D eigenvalue weighted by Crippen LogP contribution is -2.40. The Morgan fingerprint density at radius 2 is 2.21 bits per heavy atom. The lowest BCUT2D eigenvalue weighted by molar-refractivity contribution is -0.116. The van der Waals surface area contributed by atoms with Gasteiger partial charge in [0.2, 0.25) is 5.91 Å². The monoisotopic (exact) mass is 279 g/mol. The fourth-order valence-corrected chi connectivity index (χ4v) is 2.93. The molecule has 1 aliphatic rings. The average molecular weight is 279 g/mol. The van der Waals surface area contributed by atoms with Gasteiger partial charge in [0.25, 0.3) is 5.91 Å². The molecule has 1 aromatic rings. The zero-order valence-electron chi connectivity index (χ0n) is 10.5. The number of anilines is 1. The Morgan fingerprint density at radius 3 is 2.89 bits per heavy atom. The van der Waals surface area contributed by atoms with E-state index in [0.717, 1.165) is 18.1 Å². The lowest BCUT2D eigenvalue weighted by Gasteiger charge is -2.22. The highest BCUT2D eigenvalue weighted by atomic mass is 32.2. The summed E-state index contributed by atoms with van der Waals surface area (Å²) < 4.78 is 0. The summed E-state index contributed by atoms with van der Waals surface area (Å²) in [5.74, 6) is 1.38. The topological polar surface area (TPSA) is 84.2 Å². The van der Waals surface area contributed by atoms with E-state index < -0.39 is 5.91 Å². The van der Waals surface area contributed by atoms with Gasteiger partial charge in [-0.05, 0) is 12.1 Å². The van der Waals surface area contributed by atoms with Crippen LogP contribution >= 0.6 is 11.8 Å². The molecule has 1 atom stereocenters. The van der Waals surface area contributed by atoms with Crippen molar-refractivity contribution in [2.24, 2.45) is 5.73 Å². The zero-order valence-corrected chi connectivity index (χ0v) is 11.3. The first-order valence-corrected chi connectivity index (χ1v) is 7.32. The van der Waals surface area contributed by atoms with E-state index in [2.05, 4.69) is 10.6 Å². The van der Waals surface area contributed by atoms with E-state index in [9.17, 15) is 9.59 Å². The molecule has 1 fully saturated rings. The van der Waals surface area contributed by atoms with Crippen molar-refractivity contribution in [2.75, 3.05) is 23.4 Å². The normalized spacial score (nSPS) is 18.8. The fraction of sp³-hybridized carbons (Fsp3) is 0.385. The molecule has 0 radical (unpaired) electrons. The minimum Gasteiger partial charge on any atom is -0.366 e. The molecular formula is C13H17N3O2S. The van der Waals surface area contributed by atoms with Gasteiger partial charge in [0.15, 0.2) is 0 Å². The predicted octanol–water partition coefficient (Wildman–Crippen LogP) is 0.819. The van der Waals surface area contributed by atoms with Crippen LogP contribution in [0.3, 0.4) is 0 Å². The maximum Gasteiger partial charge on any atom is 0.250 e. The maximum atomic E-state index is 11.9. The van der Waals surface area contributed by atoms with Gasteiger partial charge in [-0.2, -0.15) is 11.8 Å². The summed E-state index contributed by atoms with van der Waals surface area (Å²) in [5.41, 5.74) is 6.08. The van der Waals surface area contributed by atoms with Gasteiger partial charge in [0.05, 0.1) is 11.3 Å². The lowest BCUT2D eigenvalue weighted by atomic mass is 10.1. The Morgan fingerprint density at radius 1 is 1.42 bits per heavy atom. The summed E-state index contributed by atoms with van der Waals surface area (Å²) in [6, 6.07) is 6.96. The van der Waals surface area contributed by atoms with E-state index in [0.29, 0.717) is 17.7 Å². The summed E-state index contributed by atoms with van der Waals surface area (Å²) in [4.78, 5) is 23.2. The van der Waals surface area contributed by atoms with Crippen LogP contribution in [0.5, 0.6) is 0 Å². The van der Waals surface area contributed by atoms with E-state index in [4.69, 9.17) is 5.73 Å². The number of hydrogen-bond acceptors (Lipinski definition) is 4. The van der Waals surface area contributed by atoms with Crippen LogP contribution in [0, 0.1) is 0 Å². The molecule has 1 aromatic carbocycles. The maximum absolute atomic E-state index is 11.9. The number of amides is 2. The van der Waals surface area contributed by atoms with Crippen LogP contribution < -0.4 is 16.4 Å². The smallest absolute Gasteiger partial charge is 0.250 e. The highest BCUT2D eigenvalue weighted by Crippen LogP contribution is 2.16. The molecule has 102 valence electrons. The number of primary amides is 1. The number of thioether (sulfide) groups is 1. The molecule has 0 spiro atoms. The van der Waals surface area contributed by atoms with Gasteiger partial charge >= 0.3 is 0 Å². The molecule has 0 aromatic heterocycles. The van der Waals surface area contributed by atoms with Crippen LogP contribution in [-0.2, 0) is 4.79 Å². The second-order valence-electron chi connectivity index (χ2n) is 4.39. The summed E-state index contributed by atoms with van der Waals surface area (Å²) in [6.45, 7) is 0.931. The first-order chi connectivity index (χ1) is 9.16. The summed E-state index contributed by atoms with van der Waals surface area (Å²) >= 11 is 1.84. The minimum atomic E-state index is -0.540. The van der Waals surface area contributed by atoms with Crippen molar-refractivity contribution < 1.29 is 9.59 Å². The third-order valence-corrected chi connectivity index (χ3v) is 4.03. The molecule has 0 aliphatic carbocycles. The minimum absolute atomic E-state index is 0.103.